The molecule has 1 aromatic carbocycles. The maximum Gasteiger partial charge on any atom is 0.241 e. The zero-order chi connectivity index (χ0) is 17.5. The number of nitrogens with one attached hydrogen (secondary N) is 2. The lowest BCUT2D eigenvalue weighted by atomic mass is 10.2. The standard InChI is InChI=1S/C16H26N2O4S/c1-12(2)22-11-5-10-17-16(19)14(4)18-23(20,21)15-8-6-13(3)7-9-15/h6-9,12,14,18H,5,10-11H2,1-4H3,(H,17,19)/t14-/m1/s1. The SMILES string of the molecule is Cc1ccc(S(=O)(=O)N[C@H](C)C(=O)NCCCOC(C)C)cc1. The highest BCUT2D eigenvalue weighted by atomic mass is 32.2. The minimum absolute atomic E-state index is 0.146. The predicted octanol–water partition coefficient (Wildman–Crippen LogP) is 1.59. The molecule has 1 aromatic rings. The van der Waals surface area contributed by atoms with E-state index in [1.807, 2.05) is 20.8 Å². The van der Waals surface area contributed by atoms with E-state index >= 15 is 0 Å². The third kappa shape index (κ3) is 7.11. The van der Waals surface area contributed by atoms with E-state index in [9.17, 15) is 13.2 Å². The van der Waals surface area contributed by atoms with Gasteiger partial charge in [-0.2, -0.15) is 4.72 Å². The van der Waals surface area contributed by atoms with Gasteiger partial charge in [0, 0.05) is 13.2 Å². The Hall–Kier alpha value is -1.44. The smallest absolute Gasteiger partial charge is 0.241 e. The van der Waals surface area contributed by atoms with E-state index in [0.29, 0.717) is 19.6 Å². The highest BCUT2D eigenvalue weighted by Gasteiger charge is 2.21. The molecular weight excluding hydrogens is 316 g/mol. The first-order valence-corrected chi connectivity index (χ1v) is 9.19. The Balaban J connectivity index is 2.46. The molecule has 1 rings (SSSR count). The highest BCUT2D eigenvalue weighted by molar-refractivity contribution is 7.89. The van der Waals surface area contributed by atoms with E-state index < -0.39 is 16.1 Å². The Kier molecular flexibility index (Phi) is 7.67. The van der Waals surface area contributed by atoms with Gasteiger partial charge in [-0.15, -0.1) is 0 Å². The molecular formula is C16H26N2O4S. The molecule has 0 radical (unpaired) electrons. The molecule has 0 aliphatic heterocycles. The van der Waals surface area contributed by atoms with Gasteiger partial charge in [0.1, 0.15) is 0 Å². The molecule has 2 N–H and O–H groups in total. The number of aryl methyl sites for hydroxylation is 1. The lowest BCUT2D eigenvalue weighted by Crippen LogP contribution is -2.45. The lowest BCUT2D eigenvalue weighted by molar-refractivity contribution is -0.122. The summed E-state index contributed by atoms with van der Waals surface area (Å²) < 4.78 is 32.1. The number of benzene rings is 1. The van der Waals surface area contributed by atoms with Crippen molar-refractivity contribution >= 4 is 15.9 Å². The topological polar surface area (TPSA) is 84.5 Å². The summed E-state index contributed by atoms with van der Waals surface area (Å²) in [5.41, 5.74) is 0.971. The van der Waals surface area contributed by atoms with E-state index in [4.69, 9.17) is 4.74 Å². The molecule has 6 nitrogen and oxygen atoms in total. The summed E-state index contributed by atoms with van der Waals surface area (Å²) in [5, 5.41) is 2.69. The monoisotopic (exact) mass is 342 g/mol. The van der Waals surface area contributed by atoms with Gasteiger partial charge >= 0.3 is 0 Å². The number of ether oxygens (including phenoxy) is 1. The maximum atomic E-state index is 12.2. The minimum Gasteiger partial charge on any atom is -0.379 e. The van der Waals surface area contributed by atoms with Crippen molar-refractivity contribution in [2.45, 2.75) is 51.2 Å². The molecule has 1 atom stereocenters. The van der Waals surface area contributed by atoms with Gasteiger partial charge in [0.2, 0.25) is 15.9 Å². The molecule has 7 heteroatoms. The first-order valence-electron chi connectivity index (χ1n) is 7.70. The molecule has 0 aromatic heterocycles. The third-order valence-corrected chi connectivity index (χ3v) is 4.68. The first-order chi connectivity index (χ1) is 10.7. The van der Waals surface area contributed by atoms with Crippen molar-refractivity contribution in [2.75, 3.05) is 13.2 Å². The highest BCUT2D eigenvalue weighted by Crippen LogP contribution is 2.10. The average molecular weight is 342 g/mol. The third-order valence-electron chi connectivity index (χ3n) is 3.13. The molecule has 0 aliphatic carbocycles. The van der Waals surface area contributed by atoms with Crippen LogP contribution in [0.3, 0.4) is 0 Å². The number of rotatable bonds is 9. The van der Waals surface area contributed by atoms with E-state index in [0.717, 1.165) is 5.56 Å². The van der Waals surface area contributed by atoms with Crippen molar-refractivity contribution in [1.82, 2.24) is 10.0 Å². The van der Waals surface area contributed by atoms with Crippen LogP contribution in [-0.4, -0.2) is 39.6 Å². The first kappa shape index (κ1) is 19.6. The summed E-state index contributed by atoms with van der Waals surface area (Å²) in [6.07, 6.45) is 0.840. The molecule has 1 amide bonds. The molecule has 0 fully saturated rings. The molecule has 23 heavy (non-hydrogen) atoms. The van der Waals surface area contributed by atoms with E-state index in [1.165, 1.54) is 19.1 Å². The molecule has 0 aliphatic rings. The van der Waals surface area contributed by atoms with Crippen LogP contribution in [0.1, 0.15) is 32.8 Å². The maximum absolute atomic E-state index is 12.2. The zero-order valence-electron chi connectivity index (χ0n) is 14.1. The van der Waals surface area contributed by atoms with Crippen LogP contribution in [0.25, 0.3) is 0 Å². The number of carbonyl (C=O) groups is 1. The quantitative estimate of drug-likeness (QED) is 0.668. The molecule has 0 bridgehead atoms. The van der Waals surface area contributed by atoms with Gasteiger partial charge in [-0.3, -0.25) is 4.79 Å². The van der Waals surface area contributed by atoms with Gasteiger partial charge in [0.25, 0.3) is 0 Å². The predicted molar refractivity (Wildman–Crippen MR) is 89.7 cm³/mol. The van der Waals surface area contributed by atoms with Crippen molar-refractivity contribution in [2.24, 2.45) is 0 Å². The van der Waals surface area contributed by atoms with Crippen LogP contribution >= 0.6 is 0 Å². The van der Waals surface area contributed by atoms with Crippen molar-refractivity contribution in [3.8, 4) is 0 Å². The fourth-order valence-corrected chi connectivity index (χ4v) is 3.03. The van der Waals surface area contributed by atoms with Crippen molar-refractivity contribution in [1.29, 1.82) is 0 Å². The lowest BCUT2D eigenvalue weighted by Gasteiger charge is -2.15. The largest absolute Gasteiger partial charge is 0.379 e. The Morgan fingerprint density at radius 2 is 1.78 bits per heavy atom. The normalized spacial score (nSPS) is 13.1. The van der Waals surface area contributed by atoms with Crippen LogP contribution in [0.4, 0.5) is 0 Å². The van der Waals surface area contributed by atoms with Crippen molar-refractivity contribution in [3.05, 3.63) is 29.8 Å². The molecule has 0 unspecified atom stereocenters. The molecule has 0 heterocycles. The van der Waals surface area contributed by atoms with Crippen LogP contribution in [0.5, 0.6) is 0 Å². The van der Waals surface area contributed by atoms with Gasteiger partial charge in [-0.25, -0.2) is 8.42 Å². The van der Waals surface area contributed by atoms with Crippen molar-refractivity contribution < 1.29 is 17.9 Å². The van der Waals surface area contributed by atoms with Crippen LogP contribution in [0.15, 0.2) is 29.2 Å². The summed E-state index contributed by atoms with van der Waals surface area (Å²) in [6, 6.07) is 5.63. The molecule has 0 saturated heterocycles. The fraction of sp³-hybridized carbons (Fsp3) is 0.562. The summed E-state index contributed by atoms with van der Waals surface area (Å²) in [5.74, 6) is -0.356. The second kappa shape index (κ2) is 9.00. The Labute approximate surface area is 138 Å². The Morgan fingerprint density at radius 3 is 2.35 bits per heavy atom. The number of sulfonamides is 1. The van der Waals surface area contributed by atoms with Gasteiger partial charge in [0.05, 0.1) is 17.0 Å². The number of hydrogen-bond acceptors (Lipinski definition) is 4. The summed E-state index contributed by atoms with van der Waals surface area (Å²) >= 11 is 0. The van der Waals surface area contributed by atoms with E-state index in [1.54, 1.807) is 12.1 Å². The number of hydrogen-bond donors (Lipinski definition) is 2. The molecule has 0 saturated carbocycles. The van der Waals surface area contributed by atoms with Gasteiger partial charge in [0.15, 0.2) is 0 Å². The van der Waals surface area contributed by atoms with Gasteiger partial charge < -0.3 is 10.1 Å². The Morgan fingerprint density at radius 1 is 1.17 bits per heavy atom. The number of amides is 1. The van der Waals surface area contributed by atoms with Gasteiger partial charge in [-0.05, 0) is 46.2 Å². The molecule has 0 spiro atoms. The van der Waals surface area contributed by atoms with Crippen LogP contribution in [0, 0.1) is 6.92 Å². The van der Waals surface area contributed by atoms with Crippen LogP contribution in [-0.2, 0) is 19.6 Å². The minimum atomic E-state index is -3.70. The summed E-state index contributed by atoms with van der Waals surface area (Å²) in [7, 11) is -3.70. The van der Waals surface area contributed by atoms with E-state index in [-0.39, 0.29) is 16.9 Å². The van der Waals surface area contributed by atoms with Crippen molar-refractivity contribution in [3.63, 3.8) is 0 Å². The van der Waals surface area contributed by atoms with E-state index in [2.05, 4.69) is 10.0 Å². The Bertz CT molecular complexity index is 597. The zero-order valence-corrected chi connectivity index (χ0v) is 14.9. The van der Waals surface area contributed by atoms with Crippen LogP contribution < -0.4 is 10.0 Å². The molecule has 130 valence electrons. The van der Waals surface area contributed by atoms with Crippen LogP contribution in [0.2, 0.25) is 0 Å². The summed E-state index contributed by atoms with van der Waals surface area (Å²) in [6.45, 7) is 8.29. The fourth-order valence-electron chi connectivity index (χ4n) is 1.83. The second-order valence-electron chi connectivity index (χ2n) is 5.72. The summed E-state index contributed by atoms with van der Waals surface area (Å²) in [4.78, 5) is 12.1. The second-order valence-corrected chi connectivity index (χ2v) is 7.43. The average Bonchev–Trinajstić information content (AvgIpc) is 2.46. The number of carbonyl (C=O) groups excluding carboxylic acids is 1. The van der Waals surface area contributed by atoms with Gasteiger partial charge in [-0.1, -0.05) is 17.7 Å².